The van der Waals surface area contributed by atoms with E-state index >= 15 is 0 Å². The van der Waals surface area contributed by atoms with Gasteiger partial charge in [0.1, 0.15) is 0 Å². The molecule has 1 aromatic heterocycles. The first-order chi connectivity index (χ1) is 15.1. The van der Waals surface area contributed by atoms with E-state index in [1.54, 1.807) is 6.21 Å². The fraction of sp³-hybridized carbons (Fsp3) is 0.269. The highest BCUT2D eigenvalue weighted by molar-refractivity contribution is 6.07. The fourth-order valence-corrected chi connectivity index (χ4v) is 5.64. The molecular formula is C26H23N3O2. The van der Waals surface area contributed by atoms with Crippen molar-refractivity contribution in [3.63, 3.8) is 0 Å². The minimum absolute atomic E-state index is 0.147. The van der Waals surface area contributed by atoms with Gasteiger partial charge in [-0.1, -0.05) is 60.2 Å². The predicted octanol–water partition coefficient (Wildman–Crippen LogP) is 4.14. The number of fused-ring (bicyclic) bond motifs is 6. The standard InChI is InChI=1S/C26H23N3O2/c1-16-5-4-6-17(11-16)14-28-15-20(21-7-2-3-8-22(21)28)13-27-29-25(30)23-18-9-10-19(12-18)24(23)26(29)31/h2-11,13,15,18-19,23-24H,12,14H2,1H3. The Hall–Kier alpha value is -3.47. The Morgan fingerprint density at radius 3 is 2.48 bits per heavy atom. The molecule has 2 bridgehead atoms. The van der Waals surface area contributed by atoms with Crippen LogP contribution in [0.3, 0.4) is 0 Å². The van der Waals surface area contributed by atoms with E-state index in [2.05, 4.69) is 65.1 Å². The van der Waals surface area contributed by atoms with Crippen LogP contribution in [0.4, 0.5) is 0 Å². The average molecular weight is 409 g/mol. The van der Waals surface area contributed by atoms with Crippen molar-refractivity contribution < 1.29 is 9.59 Å². The molecule has 3 aliphatic rings. The number of hydrogen-bond acceptors (Lipinski definition) is 3. The second kappa shape index (κ2) is 6.77. The second-order valence-corrected chi connectivity index (χ2v) is 8.95. The average Bonchev–Trinajstić information content (AvgIpc) is 3.51. The summed E-state index contributed by atoms with van der Waals surface area (Å²) in [6, 6.07) is 16.6. The van der Waals surface area contributed by atoms with E-state index in [0.717, 1.165) is 34.4 Å². The Balaban J connectivity index is 1.32. The van der Waals surface area contributed by atoms with Crippen molar-refractivity contribution in [1.82, 2.24) is 9.58 Å². The van der Waals surface area contributed by atoms with Crippen molar-refractivity contribution in [2.75, 3.05) is 0 Å². The molecule has 1 aliphatic heterocycles. The maximum atomic E-state index is 12.9. The lowest BCUT2D eigenvalue weighted by Crippen LogP contribution is -2.28. The van der Waals surface area contributed by atoms with Gasteiger partial charge >= 0.3 is 0 Å². The summed E-state index contributed by atoms with van der Waals surface area (Å²) in [6.07, 6.45) is 8.85. The number of aromatic nitrogens is 1. The van der Waals surface area contributed by atoms with Crippen molar-refractivity contribution in [3.05, 3.63) is 83.6 Å². The van der Waals surface area contributed by atoms with E-state index in [-0.39, 0.29) is 35.5 Å². The second-order valence-electron chi connectivity index (χ2n) is 8.95. The molecule has 2 amide bonds. The topological polar surface area (TPSA) is 54.7 Å². The molecule has 5 heteroatoms. The van der Waals surface area contributed by atoms with Gasteiger partial charge in [0, 0.05) is 29.2 Å². The lowest BCUT2D eigenvalue weighted by Gasteiger charge is -2.13. The van der Waals surface area contributed by atoms with Crippen LogP contribution in [-0.2, 0) is 16.1 Å². The number of nitrogens with zero attached hydrogens (tertiary/aromatic N) is 3. The number of benzene rings is 2. The van der Waals surface area contributed by atoms with Gasteiger partial charge in [-0.2, -0.15) is 10.1 Å². The molecule has 4 atom stereocenters. The quantitative estimate of drug-likeness (QED) is 0.369. The molecule has 1 saturated heterocycles. The van der Waals surface area contributed by atoms with E-state index in [1.807, 2.05) is 18.3 Å². The summed E-state index contributed by atoms with van der Waals surface area (Å²) in [6.45, 7) is 2.84. The minimum Gasteiger partial charge on any atom is -0.342 e. The van der Waals surface area contributed by atoms with Crippen molar-refractivity contribution in [2.24, 2.45) is 28.8 Å². The molecule has 0 radical (unpaired) electrons. The highest BCUT2D eigenvalue weighted by Gasteiger charge is 2.59. The Kier molecular flexibility index (Phi) is 4.00. The third-order valence-corrected chi connectivity index (χ3v) is 7.01. The molecule has 154 valence electrons. The molecule has 2 aliphatic carbocycles. The number of hydrazone groups is 1. The maximum Gasteiger partial charge on any atom is 0.254 e. The summed E-state index contributed by atoms with van der Waals surface area (Å²) in [5.74, 6) is -0.339. The number of carbonyl (C=O) groups excluding carboxylic acids is 2. The van der Waals surface area contributed by atoms with Crippen LogP contribution in [0, 0.1) is 30.6 Å². The lowest BCUT2D eigenvalue weighted by atomic mass is 9.85. The minimum atomic E-state index is -0.220. The van der Waals surface area contributed by atoms with Gasteiger partial charge in [-0.05, 0) is 36.8 Å². The van der Waals surface area contributed by atoms with E-state index in [4.69, 9.17) is 0 Å². The zero-order valence-corrected chi connectivity index (χ0v) is 17.3. The number of allylic oxidation sites excluding steroid dienone is 2. The molecule has 5 nitrogen and oxygen atoms in total. The van der Waals surface area contributed by atoms with Crippen LogP contribution in [0.5, 0.6) is 0 Å². The predicted molar refractivity (Wildman–Crippen MR) is 119 cm³/mol. The molecule has 3 aromatic rings. The van der Waals surface area contributed by atoms with Crippen LogP contribution in [0.15, 0.2) is 72.0 Å². The highest BCUT2D eigenvalue weighted by atomic mass is 16.2. The van der Waals surface area contributed by atoms with Gasteiger partial charge < -0.3 is 4.57 Å². The Morgan fingerprint density at radius 1 is 1.00 bits per heavy atom. The van der Waals surface area contributed by atoms with Crippen molar-refractivity contribution in [3.8, 4) is 0 Å². The zero-order chi connectivity index (χ0) is 21.1. The van der Waals surface area contributed by atoms with Crippen molar-refractivity contribution >= 4 is 28.9 Å². The third kappa shape index (κ3) is 2.80. The van der Waals surface area contributed by atoms with Gasteiger partial charge in [0.15, 0.2) is 0 Å². The molecule has 1 saturated carbocycles. The summed E-state index contributed by atoms with van der Waals surface area (Å²) in [7, 11) is 0. The van der Waals surface area contributed by atoms with Crippen LogP contribution < -0.4 is 0 Å². The van der Waals surface area contributed by atoms with E-state index < -0.39 is 0 Å². The smallest absolute Gasteiger partial charge is 0.254 e. The normalized spacial score (nSPS) is 26.7. The molecule has 4 unspecified atom stereocenters. The molecule has 2 aromatic carbocycles. The van der Waals surface area contributed by atoms with Gasteiger partial charge in [-0.3, -0.25) is 9.59 Å². The van der Waals surface area contributed by atoms with Gasteiger partial charge in [0.2, 0.25) is 0 Å². The van der Waals surface area contributed by atoms with Crippen LogP contribution in [0.2, 0.25) is 0 Å². The third-order valence-electron chi connectivity index (χ3n) is 7.01. The number of para-hydroxylation sites is 1. The Bertz CT molecular complexity index is 1250. The van der Waals surface area contributed by atoms with Crippen LogP contribution >= 0.6 is 0 Å². The van der Waals surface area contributed by atoms with Crippen molar-refractivity contribution in [1.29, 1.82) is 0 Å². The fourth-order valence-electron chi connectivity index (χ4n) is 5.64. The summed E-state index contributed by atoms with van der Waals surface area (Å²) >= 11 is 0. The van der Waals surface area contributed by atoms with E-state index in [0.29, 0.717) is 0 Å². The molecule has 31 heavy (non-hydrogen) atoms. The lowest BCUT2D eigenvalue weighted by molar-refractivity contribution is -0.140. The molecule has 2 fully saturated rings. The Morgan fingerprint density at radius 2 is 1.74 bits per heavy atom. The number of amides is 2. The molecule has 0 spiro atoms. The van der Waals surface area contributed by atoms with Crippen LogP contribution in [-0.4, -0.2) is 27.6 Å². The first-order valence-corrected chi connectivity index (χ1v) is 10.8. The molecule has 6 rings (SSSR count). The molecule has 2 heterocycles. The van der Waals surface area contributed by atoms with Gasteiger partial charge in [0.05, 0.1) is 18.1 Å². The summed E-state index contributed by atoms with van der Waals surface area (Å²) in [5.41, 5.74) is 4.46. The highest BCUT2D eigenvalue weighted by Crippen LogP contribution is 2.52. The molecular weight excluding hydrogens is 386 g/mol. The SMILES string of the molecule is Cc1cccc(Cn2cc(C=NN3C(=O)C4C5C=CC(C5)C4C3=O)c3ccccc32)c1. The van der Waals surface area contributed by atoms with Gasteiger partial charge in [-0.25, -0.2) is 0 Å². The van der Waals surface area contributed by atoms with Gasteiger partial charge in [-0.15, -0.1) is 0 Å². The number of hydrogen-bond donors (Lipinski definition) is 0. The summed E-state index contributed by atoms with van der Waals surface area (Å²) in [4.78, 5) is 25.8. The van der Waals surface area contributed by atoms with Gasteiger partial charge in [0.25, 0.3) is 11.8 Å². The zero-order valence-electron chi connectivity index (χ0n) is 17.3. The first-order valence-electron chi connectivity index (χ1n) is 10.8. The number of aryl methyl sites for hydroxylation is 1. The van der Waals surface area contributed by atoms with Crippen LogP contribution in [0.25, 0.3) is 10.9 Å². The summed E-state index contributed by atoms with van der Waals surface area (Å²) < 4.78 is 2.19. The van der Waals surface area contributed by atoms with E-state index in [9.17, 15) is 9.59 Å². The largest absolute Gasteiger partial charge is 0.342 e. The Labute approximate surface area is 180 Å². The first kappa shape index (κ1) is 18.3. The van der Waals surface area contributed by atoms with E-state index in [1.165, 1.54) is 11.1 Å². The number of imide groups is 1. The molecule has 0 N–H and O–H groups in total. The number of carbonyl (C=O) groups is 2. The monoisotopic (exact) mass is 409 g/mol. The number of rotatable bonds is 4. The summed E-state index contributed by atoms with van der Waals surface area (Å²) in [5, 5.41) is 6.56. The maximum absolute atomic E-state index is 12.9. The van der Waals surface area contributed by atoms with Crippen LogP contribution in [0.1, 0.15) is 23.1 Å². The van der Waals surface area contributed by atoms with Crippen molar-refractivity contribution in [2.45, 2.75) is 19.9 Å².